The SMILES string of the molecule is CCOc1cccc(CC(=O)N[C@@H]2C=C[C@H](CO)C2)c1. The lowest BCUT2D eigenvalue weighted by Gasteiger charge is -2.13. The van der Waals surface area contributed by atoms with E-state index in [1.807, 2.05) is 43.3 Å². The maximum atomic E-state index is 12.0. The van der Waals surface area contributed by atoms with E-state index >= 15 is 0 Å². The molecule has 1 aromatic carbocycles. The number of hydrogen-bond donors (Lipinski definition) is 2. The Labute approximate surface area is 119 Å². The van der Waals surface area contributed by atoms with Gasteiger partial charge in [0.15, 0.2) is 0 Å². The molecule has 4 nitrogen and oxygen atoms in total. The van der Waals surface area contributed by atoms with E-state index in [1.165, 1.54) is 0 Å². The van der Waals surface area contributed by atoms with Crippen LogP contribution in [-0.4, -0.2) is 30.3 Å². The third-order valence-electron chi connectivity index (χ3n) is 3.33. The van der Waals surface area contributed by atoms with Crippen LogP contribution in [0.2, 0.25) is 0 Å². The molecule has 0 saturated carbocycles. The van der Waals surface area contributed by atoms with Gasteiger partial charge in [-0.25, -0.2) is 0 Å². The lowest BCUT2D eigenvalue weighted by molar-refractivity contribution is -0.120. The minimum Gasteiger partial charge on any atom is -0.494 e. The Morgan fingerprint density at radius 2 is 2.30 bits per heavy atom. The summed E-state index contributed by atoms with van der Waals surface area (Å²) in [5, 5.41) is 12.0. The van der Waals surface area contributed by atoms with E-state index in [9.17, 15) is 4.79 Å². The van der Waals surface area contributed by atoms with Gasteiger partial charge in [-0.15, -0.1) is 0 Å². The molecular formula is C16H21NO3. The molecule has 0 spiro atoms. The van der Waals surface area contributed by atoms with E-state index in [1.54, 1.807) is 0 Å². The molecule has 2 rings (SSSR count). The molecule has 20 heavy (non-hydrogen) atoms. The van der Waals surface area contributed by atoms with Crippen LogP contribution in [0.3, 0.4) is 0 Å². The molecule has 0 aromatic heterocycles. The first-order valence-corrected chi connectivity index (χ1v) is 7.01. The molecular weight excluding hydrogens is 254 g/mol. The van der Waals surface area contributed by atoms with E-state index < -0.39 is 0 Å². The monoisotopic (exact) mass is 275 g/mol. The molecule has 0 heterocycles. The normalized spacial score (nSPS) is 20.9. The molecule has 1 amide bonds. The van der Waals surface area contributed by atoms with Gasteiger partial charge in [0.1, 0.15) is 5.75 Å². The number of benzene rings is 1. The van der Waals surface area contributed by atoms with Gasteiger partial charge in [0.25, 0.3) is 0 Å². The minimum atomic E-state index is -0.00751. The number of aliphatic hydroxyl groups excluding tert-OH is 1. The van der Waals surface area contributed by atoms with E-state index in [4.69, 9.17) is 9.84 Å². The Kier molecular flexibility index (Phi) is 5.18. The molecule has 1 aromatic rings. The average Bonchev–Trinajstić information content (AvgIpc) is 2.87. The largest absolute Gasteiger partial charge is 0.494 e. The molecule has 4 heteroatoms. The van der Waals surface area contributed by atoms with Crippen molar-refractivity contribution < 1.29 is 14.6 Å². The van der Waals surface area contributed by atoms with E-state index in [-0.39, 0.29) is 24.5 Å². The van der Waals surface area contributed by atoms with Crippen LogP contribution in [0, 0.1) is 5.92 Å². The fraction of sp³-hybridized carbons (Fsp3) is 0.438. The summed E-state index contributed by atoms with van der Waals surface area (Å²) in [7, 11) is 0. The lowest BCUT2D eigenvalue weighted by Crippen LogP contribution is -2.34. The quantitative estimate of drug-likeness (QED) is 0.777. The van der Waals surface area contributed by atoms with Crippen LogP contribution in [0.15, 0.2) is 36.4 Å². The number of rotatable bonds is 6. The summed E-state index contributed by atoms with van der Waals surface area (Å²) in [5.41, 5.74) is 0.939. The number of carbonyl (C=O) groups is 1. The highest BCUT2D eigenvalue weighted by atomic mass is 16.5. The number of carbonyl (C=O) groups excluding carboxylic acids is 1. The summed E-state index contributed by atoms with van der Waals surface area (Å²) in [6.07, 6.45) is 5.03. The highest BCUT2D eigenvalue weighted by Gasteiger charge is 2.19. The van der Waals surface area contributed by atoms with Crippen molar-refractivity contribution in [3.05, 3.63) is 42.0 Å². The second-order valence-corrected chi connectivity index (χ2v) is 4.99. The van der Waals surface area contributed by atoms with Crippen LogP contribution in [-0.2, 0) is 11.2 Å². The van der Waals surface area contributed by atoms with Crippen LogP contribution < -0.4 is 10.1 Å². The Morgan fingerprint density at radius 3 is 3.00 bits per heavy atom. The van der Waals surface area contributed by atoms with Gasteiger partial charge in [0.2, 0.25) is 5.91 Å². The van der Waals surface area contributed by atoms with Crippen molar-refractivity contribution in [2.24, 2.45) is 5.92 Å². The van der Waals surface area contributed by atoms with Crippen molar-refractivity contribution in [3.63, 3.8) is 0 Å². The topological polar surface area (TPSA) is 58.6 Å². The van der Waals surface area contributed by atoms with Gasteiger partial charge in [-0.2, -0.15) is 0 Å². The maximum Gasteiger partial charge on any atom is 0.224 e. The zero-order valence-electron chi connectivity index (χ0n) is 11.7. The smallest absolute Gasteiger partial charge is 0.224 e. The minimum absolute atomic E-state index is 0.00751. The Morgan fingerprint density at radius 1 is 1.45 bits per heavy atom. The van der Waals surface area contributed by atoms with Gasteiger partial charge in [-0.1, -0.05) is 24.3 Å². The lowest BCUT2D eigenvalue weighted by atomic mass is 10.1. The third kappa shape index (κ3) is 4.10. The number of nitrogens with one attached hydrogen (secondary N) is 1. The highest BCUT2D eigenvalue weighted by Crippen LogP contribution is 2.17. The van der Waals surface area contributed by atoms with Crippen LogP contribution in [0.5, 0.6) is 5.75 Å². The third-order valence-corrected chi connectivity index (χ3v) is 3.33. The van der Waals surface area contributed by atoms with Crippen molar-refractivity contribution >= 4 is 5.91 Å². The molecule has 1 aliphatic rings. The molecule has 0 aliphatic heterocycles. The van der Waals surface area contributed by atoms with Gasteiger partial charge in [0, 0.05) is 18.6 Å². The Balaban J connectivity index is 1.85. The standard InChI is InChI=1S/C16H21NO3/c1-2-20-15-5-3-4-12(9-15)10-16(19)17-14-7-6-13(8-14)11-18/h3-7,9,13-14,18H,2,8,10-11H2,1H3,(H,17,19)/t13-,14+/m0/s1. The summed E-state index contributed by atoms with van der Waals surface area (Å²) in [4.78, 5) is 12.0. The van der Waals surface area contributed by atoms with Gasteiger partial charge >= 0.3 is 0 Å². The predicted octanol–water partition coefficient (Wildman–Crippen LogP) is 1.68. The van der Waals surface area contributed by atoms with Crippen LogP contribution >= 0.6 is 0 Å². The second-order valence-electron chi connectivity index (χ2n) is 4.99. The number of ether oxygens (including phenoxy) is 1. The summed E-state index contributed by atoms with van der Waals surface area (Å²) in [5.74, 6) is 0.951. The summed E-state index contributed by atoms with van der Waals surface area (Å²) >= 11 is 0. The van der Waals surface area contributed by atoms with E-state index in [0.29, 0.717) is 13.0 Å². The van der Waals surface area contributed by atoms with Crippen LogP contribution in [0.25, 0.3) is 0 Å². The molecule has 108 valence electrons. The summed E-state index contributed by atoms with van der Waals surface area (Å²) < 4.78 is 5.42. The first-order chi connectivity index (χ1) is 9.71. The first kappa shape index (κ1) is 14.6. The molecule has 2 atom stereocenters. The summed E-state index contributed by atoms with van der Waals surface area (Å²) in [6, 6.07) is 7.63. The van der Waals surface area contributed by atoms with Crippen molar-refractivity contribution in [2.75, 3.05) is 13.2 Å². The van der Waals surface area contributed by atoms with Gasteiger partial charge in [-0.05, 0) is 31.0 Å². The van der Waals surface area contributed by atoms with Gasteiger partial charge in [-0.3, -0.25) is 4.79 Å². The van der Waals surface area contributed by atoms with Gasteiger partial charge < -0.3 is 15.2 Å². The molecule has 0 fully saturated rings. The van der Waals surface area contributed by atoms with E-state index in [0.717, 1.165) is 17.7 Å². The number of aliphatic hydroxyl groups is 1. The Hall–Kier alpha value is -1.81. The van der Waals surface area contributed by atoms with Crippen molar-refractivity contribution in [2.45, 2.75) is 25.8 Å². The fourth-order valence-electron chi connectivity index (χ4n) is 2.37. The maximum absolute atomic E-state index is 12.0. The molecule has 1 aliphatic carbocycles. The molecule has 2 N–H and O–H groups in total. The summed E-state index contributed by atoms with van der Waals surface area (Å²) in [6.45, 7) is 2.69. The number of hydrogen-bond acceptors (Lipinski definition) is 3. The molecule has 0 radical (unpaired) electrons. The number of amides is 1. The van der Waals surface area contributed by atoms with Gasteiger partial charge in [0.05, 0.1) is 13.0 Å². The molecule has 0 bridgehead atoms. The average molecular weight is 275 g/mol. The first-order valence-electron chi connectivity index (χ1n) is 7.01. The highest BCUT2D eigenvalue weighted by molar-refractivity contribution is 5.79. The zero-order valence-corrected chi connectivity index (χ0v) is 11.7. The zero-order chi connectivity index (χ0) is 14.4. The Bertz CT molecular complexity index is 484. The van der Waals surface area contributed by atoms with Crippen LogP contribution in [0.1, 0.15) is 18.9 Å². The molecule has 0 saturated heterocycles. The fourth-order valence-corrected chi connectivity index (χ4v) is 2.37. The van der Waals surface area contributed by atoms with Crippen LogP contribution in [0.4, 0.5) is 0 Å². The van der Waals surface area contributed by atoms with Crippen molar-refractivity contribution in [3.8, 4) is 5.75 Å². The second kappa shape index (κ2) is 7.10. The van der Waals surface area contributed by atoms with E-state index in [2.05, 4.69) is 5.32 Å². The molecule has 0 unspecified atom stereocenters. The van der Waals surface area contributed by atoms with Crippen molar-refractivity contribution in [1.82, 2.24) is 5.32 Å². The predicted molar refractivity (Wildman–Crippen MR) is 77.6 cm³/mol. The van der Waals surface area contributed by atoms with Crippen molar-refractivity contribution in [1.29, 1.82) is 0 Å².